The highest BCUT2D eigenvalue weighted by Crippen LogP contribution is 2.40. The number of fused-ring (bicyclic) bond motifs is 1. The van der Waals surface area contributed by atoms with Crippen molar-refractivity contribution in [1.82, 2.24) is 14.9 Å². The first kappa shape index (κ1) is 21.4. The molecule has 1 amide bonds. The topological polar surface area (TPSA) is 58.6 Å². The zero-order valence-electron chi connectivity index (χ0n) is 19.5. The molecule has 0 saturated carbocycles. The Morgan fingerprint density at radius 3 is 2.28 bits per heavy atom. The van der Waals surface area contributed by atoms with Crippen molar-refractivity contribution < 1.29 is 9.53 Å². The van der Waals surface area contributed by atoms with Crippen LogP contribution in [0.1, 0.15) is 44.9 Å². The molecule has 6 heteroatoms. The first-order valence-electron chi connectivity index (χ1n) is 11.9. The summed E-state index contributed by atoms with van der Waals surface area (Å²) in [6, 6.07) is 12.5. The number of aromatic nitrogens is 2. The molecule has 0 radical (unpaired) electrons. The van der Waals surface area contributed by atoms with E-state index < -0.39 is 5.41 Å². The number of ether oxygens (including phenoxy) is 1. The number of hydrogen-bond donors (Lipinski definition) is 0. The molecule has 3 aliphatic rings. The summed E-state index contributed by atoms with van der Waals surface area (Å²) in [5.41, 5.74) is 1.78. The number of carbonyl (C=O) groups is 1. The van der Waals surface area contributed by atoms with Gasteiger partial charge in [-0.15, -0.1) is 0 Å². The van der Waals surface area contributed by atoms with Crippen LogP contribution in [0.4, 0.5) is 5.82 Å². The van der Waals surface area contributed by atoms with Crippen molar-refractivity contribution in [3.05, 3.63) is 54.0 Å². The first-order chi connectivity index (χ1) is 15.4. The van der Waals surface area contributed by atoms with Gasteiger partial charge in [0.25, 0.3) is 0 Å². The van der Waals surface area contributed by atoms with Crippen molar-refractivity contribution in [2.45, 2.75) is 44.4 Å². The second-order valence-corrected chi connectivity index (χ2v) is 10.7. The van der Waals surface area contributed by atoms with Crippen LogP contribution < -0.4 is 4.90 Å². The molecular formula is C26H34N4O2. The molecule has 32 heavy (non-hydrogen) atoms. The molecule has 2 aromatic rings. The van der Waals surface area contributed by atoms with Crippen molar-refractivity contribution in [3.8, 4) is 0 Å². The highest BCUT2D eigenvalue weighted by atomic mass is 16.5. The molecule has 2 atom stereocenters. The number of carbonyl (C=O) groups excluding carboxylic acids is 1. The SMILES string of the molecule is CC(C)(C)c1cc(N2CC3CN(C(=O)C4(c5ccccc5)CCOCC4)CC3C2)ncn1. The molecule has 6 nitrogen and oxygen atoms in total. The Morgan fingerprint density at radius 1 is 1.00 bits per heavy atom. The molecule has 1 aromatic carbocycles. The third-order valence-electron chi connectivity index (χ3n) is 7.60. The minimum absolute atomic E-state index is 0.00592. The van der Waals surface area contributed by atoms with E-state index in [-0.39, 0.29) is 5.41 Å². The van der Waals surface area contributed by atoms with Gasteiger partial charge in [0.05, 0.1) is 11.1 Å². The maximum absolute atomic E-state index is 13.9. The van der Waals surface area contributed by atoms with Crippen LogP contribution in [0.25, 0.3) is 0 Å². The minimum Gasteiger partial charge on any atom is -0.381 e. The van der Waals surface area contributed by atoms with Gasteiger partial charge in [0.1, 0.15) is 12.1 Å². The van der Waals surface area contributed by atoms with Gasteiger partial charge in [-0.25, -0.2) is 9.97 Å². The third kappa shape index (κ3) is 3.79. The lowest BCUT2D eigenvalue weighted by atomic mass is 9.73. The van der Waals surface area contributed by atoms with Crippen molar-refractivity contribution in [2.75, 3.05) is 44.3 Å². The summed E-state index contributed by atoms with van der Waals surface area (Å²) < 4.78 is 5.64. The molecule has 0 bridgehead atoms. The predicted molar refractivity (Wildman–Crippen MR) is 125 cm³/mol. The van der Waals surface area contributed by atoms with E-state index in [0.29, 0.717) is 31.0 Å². The Balaban J connectivity index is 1.30. The summed E-state index contributed by atoms with van der Waals surface area (Å²) in [6.45, 7) is 11.4. The van der Waals surface area contributed by atoms with Gasteiger partial charge in [-0.1, -0.05) is 51.1 Å². The van der Waals surface area contributed by atoms with Gasteiger partial charge in [-0.05, 0) is 18.4 Å². The molecule has 4 heterocycles. The van der Waals surface area contributed by atoms with Gasteiger partial charge < -0.3 is 14.5 Å². The standard InChI is InChI=1S/C26H34N4O2/c1-25(2,3)22-13-23(28-18-27-22)29-14-19-16-30(17-20(19)15-29)24(31)26(9-11-32-12-10-26)21-7-5-4-6-8-21/h4-8,13,18-20H,9-12,14-17H2,1-3H3. The average molecular weight is 435 g/mol. The fourth-order valence-corrected chi connectivity index (χ4v) is 5.68. The van der Waals surface area contributed by atoms with Crippen molar-refractivity contribution in [2.24, 2.45) is 11.8 Å². The summed E-state index contributed by atoms with van der Waals surface area (Å²) in [5.74, 6) is 2.31. The largest absolute Gasteiger partial charge is 0.381 e. The smallest absolute Gasteiger partial charge is 0.233 e. The van der Waals surface area contributed by atoms with Crippen molar-refractivity contribution in [1.29, 1.82) is 0 Å². The van der Waals surface area contributed by atoms with Crippen LogP contribution in [0.15, 0.2) is 42.7 Å². The van der Waals surface area contributed by atoms with Gasteiger partial charge in [-0.3, -0.25) is 4.79 Å². The summed E-state index contributed by atoms with van der Waals surface area (Å²) in [5, 5.41) is 0. The monoisotopic (exact) mass is 434 g/mol. The minimum atomic E-state index is -0.438. The Hall–Kier alpha value is -2.47. The second kappa shape index (κ2) is 8.14. The molecule has 2 unspecified atom stereocenters. The summed E-state index contributed by atoms with van der Waals surface area (Å²) >= 11 is 0. The van der Waals surface area contributed by atoms with Gasteiger partial charge in [-0.2, -0.15) is 0 Å². The van der Waals surface area contributed by atoms with E-state index in [2.05, 4.69) is 58.7 Å². The first-order valence-corrected chi connectivity index (χ1v) is 11.9. The van der Waals surface area contributed by atoms with Crippen LogP contribution in [0, 0.1) is 11.8 Å². The van der Waals surface area contributed by atoms with Gasteiger partial charge >= 0.3 is 0 Å². The highest BCUT2D eigenvalue weighted by molar-refractivity contribution is 5.88. The number of nitrogens with zero attached hydrogens (tertiary/aromatic N) is 4. The van der Waals surface area contributed by atoms with E-state index >= 15 is 0 Å². The van der Waals surface area contributed by atoms with E-state index in [1.165, 1.54) is 0 Å². The van der Waals surface area contributed by atoms with Gasteiger partial charge in [0.2, 0.25) is 5.91 Å². The van der Waals surface area contributed by atoms with Crippen molar-refractivity contribution in [3.63, 3.8) is 0 Å². The molecule has 0 N–H and O–H groups in total. The lowest BCUT2D eigenvalue weighted by Gasteiger charge is -2.39. The quantitative estimate of drug-likeness (QED) is 0.741. The fourth-order valence-electron chi connectivity index (χ4n) is 5.68. The average Bonchev–Trinajstić information content (AvgIpc) is 3.39. The summed E-state index contributed by atoms with van der Waals surface area (Å²) in [7, 11) is 0. The number of rotatable bonds is 3. The van der Waals surface area contributed by atoms with E-state index in [9.17, 15) is 4.79 Å². The van der Waals surface area contributed by atoms with E-state index in [1.807, 2.05) is 18.2 Å². The number of amides is 1. The maximum Gasteiger partial charge on any atom is 0.233 e. The molecule has 1 aromatic heterocycles. The summed E-state index contributed by atoms with van der Waals surface area (Å²) in [4.78, 5) is 27.5. The van der Waals surface area contributed by atoms with E-state index in [1.54, 1.807) is 6.33 Å². The molecule has 3 saturated heterocycles. The van der Waals surface area contributed by atoms with E-state index in [4.69, 9.17) is 4.74 Å². The number of anilines is 1. The maximum atomic E-state index is 13.9. The molecule has 5 rings (SSSR count). The summed E-state index contributed by atoms with van der Waals surface area (Å²) in [6.07, 6.45) is 3.23. The van der Waals surface area contributed by atoms with Crippen molar-refractivity contribution >= 4 is 11.7 Å². The molecule has 0 spiro atoms. The van der Waals surface area contributed by atoms with Gasteiger partial charge in [0, 0.05) is 62.7 Å². The third-order valence-corrected chi connectivity index (χ3v) is 7.60. The van der Waals surface area contributed by atoms with Crippen LogP contribution in [-0.4, -0.2) is 60.2 Å². The molecular weight excluding hydrogens is 400 g/mol. The zero-order valence-corrected chi connectivity index (χ0v) is 19.5. The van der Waals surface area contributed by atoms with Gasteiger partial charge in [0.15, 0.2) is 0 Å². The number of benzene rings is 1. The van der Waals surface area contributed by atoms with Crippen LogP contribution in [0.3, 0.4) is 0 Å². The second-order valence-electron chi connectivity index (χ2n) is 10.7. The van der Waals surface area contributed by atoms with Crippen LogP contribution in [-0.2, 0) is 20.4 Å². The lowest BCUT2D eigenvalue weighted by molar-refractivity contribution is -0.140. The molecule has 3 aliphatic heterocycles. The fraction of sp³-hybridized carbons (Fsp3) is 0.577. The number of hydrogen-bond acceptors (Lipinski definition) is 5. The van der Waals surface area contributed by atoms with E-state index in [0.717, 1.165) is 56.1 Å². The Kier molecular flexibility index (Phi) is 5.44. The highest BCUT2D eigenvalue weighted by Gasteiger charge is 2.49. The van der Waals surface area contributed by atoms with Crippen LogP contribution >= 0.6 is 0 Å². The Bertz CT molecular complexity index is 951. The Morgan fingerprint density at radius 2 is 1.66 bits per heavy atom. The molecule has 0 aliphatic carbocycles. The number of likely N-dealkylation sites (tertiary alicyclic amines) is 1. The lowest BCUT2D eigenvalue weighted by Crippen LogP contribution is -2.50. The molecule has 170 valence electrons. The molecule has 3 fully saturated rings. The van der Waals surface area contributed by atoms with Crippen LogP contribution in [0.5, 0.6) is 0 Å². The predicted octanol–water partition coefficient (Wildman–Crippen LogP) is 3.42. The Labute approximate surface area is 191 Å². The normalized spacial score (nSPS) is 25.1. The van der Waals surface area contributed by atoms with Crippen LogP contribution in [0.2, 0.25) is 0 Å². The zero-order chi connectivity index (χ0) is 22.3.